The average molecular weight is 243 g/mol. The van der Waals surface area contributed by atoms with Gasteiger partial charge in [0.2, 0.25) is 0 Å². The summed E-state index contributed by atoms with van der Waals surface area (Å²) >= 11 is 0. The molecule has 0 fully saturated rings. The summed E-state index contributed by atoms with van der Waals surface area (Å²) in [6.45, 7) is 2.48. The second-order valence-corrected chi connectivity index (χ2v) is 3.94. The Morgan fingerprint density at radius 1 is 1.22 bits per heavy atom. The van der Waals surface area contributed by atoms with Gasteiger partial charge in [-0.1, -0.05) is 6.92 Å². The van der Waals surface area contributed by atoms with Crippen LogP contribution in [0.5, 0.6) is 5.75 Å². The normalized spacial score (nSPS) is 10.4. The molecule has 0 unspecified atom stereocenters. The van der Waals surface area contributed by atoms with Crippen molar-refractivity contribution in [1.82, 2.24) is 9.97 Å². The molecule has 0 radical (unpaired) electrons. The van der Waals surface area contributed by atoms with Gasteiger partial charge in [0.15, 0.2) is 0 Å². The summed E-state index contributed by atoms with van der Waals surface area (Å²) in [5.41, 5.74) is 9.53. The van der Waals surface area contributed by atoms with E-state index in [0.29, 0.717) is 6.54 Å². The van der Waals surface area contributed by atoms with Crippen LogP contribution < -0.4 is 10.5 Å². The lowest BCUT2D eigenvalue weighted by Crippen LogP contribution is -2.03. The van der Waals surface area contributed by atoms with Gasteiger partial charge in [-0.3, -0.25) is 9.97 Å². The Hall–Kier alpha value is -1.94. The van der Waals surface area contributed by atoms with Crippen molar-refractivity contribution in [2.45, 2.75) is 19.9 Å². The molecule has 0 bridgehead atoms. The molecule has 0 spiro atoms. The highest BCUT2D eigenvalue weighted by Crippen LogP contribution is 2.27. The van der Waals surface area contributed by atoms with E-state index in [2.05, 4.69) is 23.0 Å². The van der Waals surface area contributed by atoms with Gasteiger partial charge in [-0.2, -0.15) is 0 Å². The Bertz CT molecular complexity index is 540. The van der Waals surface area contributed by atoms with Crippen LogP contribution in [-0.4, -0.2) is 17.1 Å². The van der Waals surface area contributed by atoms with E-state index in [9.17, 15) is 0 Å². The highest BCUT2D eigenvalue weighted by molar-refractivity contribution is 5.64. The molecule has 0 aliphatic rings. The molecule has 0 saturated carbocycles. The Morgan fingerprint density at radius 2 is 2.00 bits per heavy atom. The number of hydrogen-bond donors (Lipinski definition) is 1. The monoisotopic (exact) mass is 243 g/mol. The van der Waals surface area contributed by atoms with Crippen LogP contribution in [0.1, 0.15) is 18.2 Å². The van der Waals surface area contributed by atoms with Crippen LogP contribution in [0, 0.1) is 0 Å². The van der Waals surface area contributed by atoms with Crippen molar-refractivity contribution in [3.05, 3.63) is 41.9 Å². The molecular formula is C14H17N3O. The molecule has 0 aliphatic carbocycles. The number of aryl methyl sites for hydroxylation is 1. The van der Waals surface area contributed by atoms with E-state index in [1.165, 1.54) is 0 Å². The Kier molecular flexibility index (Phi) is 3.89. The molecule has 1 aromatic carbocycles. The lowest BCUT2D eigenvalue weighted by Gasteiger charge is -2.10. The van der Waals surface area contributed by atoms with Gasteiger partial charge < -0.3 is 10.5 Å². The minimum atomic E-state index is 0.386. The Balaban J connectivity index is 2.51. The predicted octanol–water partition coefficient (Wildman–Crippen LogP) is 2.17. The van der Waals surface area contributed by atoms with E-state index in [0.717, 1.165) is 34.7 Å². The summed E-state index contributed by atoms with van der Waals surface area (Å²) < 4.78 is 5.32. The molecular weight excluding hydrogens is 226 g/mol. The molecule has 0 saturated heterocycles. The number of methoxy groups -OCH3 is 1. The average Bonchev–Trinajstić information content (AvgIpc) is 2.46. The zero-order valence-electron chi connectivity index (χ0n) is 10.7. The number of ether oxygens (including phenoxy) is 1. The third-order valence-corrected chi connectivity index (χ3v) is 2.90. The number of nitrogens with zero attached hydrogens (tertiary/aromatic N) is 2. The molecule has 0 aliphatic heterocycles. The van der Waals surface area contributed by atoms with E-state index >= 15 is 0 Å². The third kappa shape index (κ3) is 2.33. The van der Waals surface area contributed by atoms with E-state index in [1.54, 1.807) is 19.5 Å². The SMILES string of the molecule is CCc1cc(-c2nccnc2CN)ccc1OC. The highest BCUT2D eigenvalue weighted by atomic mass is 16.5. The van der Waals surface area contributed by atoms with Crippen LogP contribution in [0.15, 0.2) is 30.6 Å². The lowest BCUT2D eigenvalue weighted by molar-refractivity contribution is 0.410. The van der Waals surface area contributed by atoms with Crippen molar-refractivity contribution < 1.29 is 4.74 Å². The molecule has 2 N–H and O–H groups in total. The maximum Gasteiger partial charge on any atom is 0.122 e. The number of aromatic nitrogens is 2. The molecule has 4 nitrogen and oxygen atoms in total. The van der Waals surface area contributed by atoms with Crippen LogP contribution in [-0.2, 0) is 13.0 Å². The fourth-order valence-electron chi connectivity index (χ4n) is 1.96. The second-order valence-electron chi connectivity index (χ2n) is 3.94. The summed E-state index contributed by atoms with van der Waals surface area (Å²) in [5.74, 6) is 0.902. The molecule has 94 valence electrons. The van der Waals surface area contributed by atoms with Gasteiger partial charge in [0.1, 0.15) is 5.75 Å². The topological polar surface area (TPSA) is 61.0 Å². The summed E-state index contributed by atoms with van der Waals surface area (Å²) in [6.07, 6.45) is 4.26. The van der Waals surface area contributed by atoms with Crippen molar-refractivity contribution in [3.8, 4) is 17.0 Å². The smallest absolute Gasteiger partial charge is 0.122 e. The highest BCUT2D eigenvalue weighted by Gasteiger charge is 2.09. The molecule has 4 heteroatoms. The van der Waals surface area contributed by atoms with Crippen LogP contribution in [0.2, 0.25) is 0 Å². The van der Waals surface area contributed by atoms with Crippen LogP contribution in [0.3, 0.4) is 0 Å². The van der Waals surface area contributed by atoms with Crippen LogP contribution in [0.25, 0.3) is 11.3 Å². The summed E-state index contributed by atoms with van der Waals surface area (Å²) in [4.78, 5) is 8.62. The number of nitrogens with two attached hydrogens (primary N) is 1. The summed E-state index contributed by atoms with van der Waals surface area (Å²) in [6, 6.07) is 6.03. The fourth-order valence-corrected chi connectivity index (χ4v) is 1.96. The minimum absolute atomic E-state index is 0.386. The van der Waals surface area contributed by atoms with Gasteiger partial charge in [0.05, 0.1) is 18.5 Å². The lowest BCUT2D eigenvalue weighted by atomic mass is 10.0. The Labute approximate surface area is 107 Å². The van der Waals surface area contributed by atoms with Gasteiger partial charge in [0, 0.05) is 24.5 Å². The van der Waals surface area contributed by atoms with Gasteiger partial charge in [-0.05, 0) is 30.2 Å². The van der Waals surface area contributed by atoms with Gasteiger partial charge >= 0.3 is 0 Å². The first-order valence-corrected chi connectivity index (χ1v) is 5.97. The van der Waals surface area contributed by atoms with E-state index in [-0.39, 0.29) is 0 Å². The maximum absolute atomic E-state index is 5.69. The standard InChI is InChI=1S/C14H17N3O/c1-3-10-8-11(4-5-13(10)18-2)14-12(9-15)16-6-7-17-14/h4-8H,3,9,15H2,1-2H3. The first kappa shape index (κ1) is 12.5. The third-order valence-electron chi connectivity index (χ3n) is 2.90. The van der Waals surface area contributed by atoms with E-state index in [1.807, 2.05) is 12.1 Å². The summed E-state index contributed by atoms with van der Waals surface area (Å²) in [7, 11) is 1.68. The van der Waals surface area contributed by atoms with Gasteiger partial charge in [-0.15, -0.1) is 0 Å². The Morgan fingerprint density at radius 3 is 2.67 bits per heavy atom. The summed E-state index contributed by atoms with van der Waals surface area (Å²) in [5, 5.41) is 0. The molecule has 18 heavy (non-hydrogen) atoms. The van der Waals surface area contributed by atoms with Gasteiger partial charge in [0.25, 0.3) is 0 Å². The molecule has 1 aromatic heterocycles. The number of hydrogen-bond acceptors (Lipinski definition) is 4. The maximum atomic E-state index is 5.69. The molecule has 2 rings (SSSR count). The zero-order valence-corrected chi connectivity index (χ0v) is 10.7. The number of benzene rings is 1. The minimum Gasteiger partial charge on any atom is -0.496 e. The van der Waals surface area contributed by atoms with Crippen molar-refractivity contribution in [3.63, 3.8) is 0 Å². The molecule has 1 heterocycles. The quantitative estimate of drug-likeness (QED) is 0.894. The van der Waals surface area contributed by atoms with Crippen LogP contribution >= 0.6 is 0 Å². The van der Waals surface area contributed by atoms with Crippen LogP contribution in [0.4, 0.5) is 0 Å². The predicted molar refractivity (Wildman–Crippen MR) is 71.3 cm³/mol. The van der Waals surface area contributed by atoms with Crippen molar-refractivity contribution in [2.75, 3.05) is 7.11 Å². The van der Waals surface area contributed by atoms with Gasteiger partial charge in [-0.25, -0.2) is 0 Å². The molecule has 0 atom stereocenters. The first-order valence-electron chi connectivity index (χ1n) is 5.97. The van der Waals surface area contributed by atoms with Crippen molar-refractivity contribution in [2.24, 2.45) is 5.73 Å². The molecule has 0 amide bonds. The first-order chi connectivity index (χ1) is 8.80. The zero-order chi connectivity index (χ0) is 13.0. The fraction of sp³-hybridized carbons (Fsp3) is 0.286. The van der Waals surface area contributed by atoms with Crippen molar-refractivity contribution in [1.29, 1.82) is 0 Å². The number of rotatable bonds is 4. The largest absolute Gasteiger partial charge is 0.496 e. The van der Waals surface area contributed by atoms with Crippen molar-refractivity contribution >= 4 is 0 Å². The van der Waals surface area contributed by atoms with E-state index in [4.69, 9.17) is 10.5 Å². The molecule has 2 aromatic rings. The second kappa shape index (κ2) is 5.60. The van der Waals surface area contributed by atoms with E-state index < -0.39 is 0 Å².